The van der Waals surface area contributed by atoms with Gasteiger partial charge in [-0.05, 0) is 65.4 Å². The van der Waals surface area contributed by atoms with Crippen molar-refractivity contribution >= 4 is 17.4 Å². The Balaban J connectivity index is 1.79. The van der Waals surface area contributed by atoms with Crippen molar-refractivity contribution in [2.45, 2.75) is 38.6 Å². The number of aliphatic hydroxyl groups is 1. The Morgan fingerprint density at radius 2 is 1.48 bits per heavy atom. The molecule has 2 N–H and O–H groups in total. The van der Waals surface area contributed by atoms with Crippen molar-refractivity contribution in [1.82, 2.24) is 4.90 Å². The second-order valence-electron chi connectivity index (χ2n) is 10.7. The molecule has 0 bridgehead atoms. The second kappa shape index (κ2) is 11.3. The van der Waals surface area contributed by atoms with Crippen LogP contribution in [0.4, 0.5) is 0 Å². The molecule has 40 heavy (non-hydrogen) atoms. The molecule has 210 valence electrons. The third kappa shape index (κ3) is 5.47. The molecule has 1 amide bonds. The van der Waals surface area contributed by atoms with E-state index >= 15 is 0 Å². The van der Waals surface area contributed by atoms with Gasteiger partial charge in [-0.25, -0.2) is 0 Å². The van der Waals surface area contributed by atoms with Crippen LogP contribution >= 0.6 is 0 Å². The second-order valence-corrected chi connectivity index (χ2v) is 10.7. The number of nitrogens with zero attached hydrogens (tertiary/aromatic N) is 1. The van der Waals surface area contributed by atoms with E-state index in [0.717, 1.165) is 11.1 Å². The fourth-order valence-corrected chi connectivity index (χ4v) is 5.00. The van der Waals surface area contributed by atoms with Crippen molar-refractivity contribution in [3.05, 3.63) is 88.5 Å². The third-order valence-corrected chi connectivity index (χ3v) is 7.12. The minimum absolute atomic E-state index is 0.00646. The van der Waals surface area contributed by atoms with Crippen molar-refractivity contribution in [3.8, 4) is 23.0 Å². The fourth-order valence-electron chi connectivity index (χ4n) is 5.00. The van der Waals surface area contributed by atoms with Crippen LogP contribution in [0.2, 0.25) is 0 Å². The Hall–Kier alpha value is -4.46. The SMILES string of the molecule is COc1ccc(CCN2C(=O)C(=O)/C(=C(\O)c3ccc(OC)c(C(C)(C)C)c3)C2c2ccc(O)cc2)cc1OC. The molecule has 8 nitrogen and oxygen atoms in total. The predicted octanol–water partition coefficient (Wildman–Crippen LogP) is 5.38. The Morgan fingerprint density at radius 1 is 0.850 bits per heavy atom. The molecule has 1 unspecified atom stereocenters. The number of ketones is 1. The van der Waals surface area contributed by atoms with E-state index in [1.54, 1.807) is 57.7 Å². The number of carbonyl (C=O) groups is 2. The number of phenolic OH excluding ortho intramolecular Hbond substituents is 1. The van der Waals surface area contributed by atoms with Gasteiger partial charge in [-0.2, -0.15) is 0 Å². The maximum Gasteiger partial charge on any atom is 0.295 e. The van der Waals surface area contributed by atoms with E-state index < -0.39 is 17.7 Å². The van der Waals surface area contributed by atoms with Crippen LogP contribution < -0.4 is 14.2 Å². The van der Waals surface area contributed by atoms with Gasteiger partial charge in [0.05, 0.1) is 32.9 Å². The lowest BCUT2D eigenvalue weighted by atomic mass is 9.84. The Kier molecular flexibility index (Phi) is 8.09. The quantitative estimate of drug-likeness (QED) is 0.222. The highest BCUT2D eigenvalue weighted by molar-refractivity contribution is 6.46. The summed E-state index contributed by atoms with van der Waals surface area (Å²) < 4.78 is 16.2. The first kappa shape index (κ1) is 28.5. The molecule has 0 spiro atoms. The summed E-state index contributed by atoms with van der Waals surface area (Å²) in [6.07, 6.45) is 0.429. The summed E-state index contributed by atoms with van der Waals surface area (Å²) in [6, 6.07) is 16.1. The number of aromatic hydroxyl groups is 1. The van der Waals surface area contributed by atoms with E-state index in [-0.39, 0.29) is 29.0 Å². The molecule has 0 saturated carbocycles. The van der Waals surface area contributed by atoms with Gasteiger partial charge in [-0.3, -0.25) is 9.59 Å². The van der Waals surface area contributed by atoms with Crippen molar-refractivity contribution < 1.29 is 34.0 Å². The highest BCUT2D eigenvalue weighted by Crippen LogP contribution is 2.41. The predicted molar refractivity (Wildman–Crippen MR) is 152 cm³/mol. The van der Waals surface area contributed by atoms with Crippen molar-refractivity contribution in [2.75, 3.05) is 27.9 Å². The lowest BCUT2D eigenvalue weighted by molar-refractivity contribution is -0.139. The van der Waals surface area contributed by atoms with Crippen molar-refractivity contribution in [1.29, 1.82) is 0 Å². The zero-order chi connectivity index (χ0) is 29.2. The molecule has 0 aromatic heterocycles. The maximum atomic E-state index is 13.5. The molecule has 8 heteroatoms. The van der Waals surface area contributed by atoms with Gasteiger partial charge in [-0.15, -0.1) is 0 Å². The maximum absolute atomic E-state index is 13.5. The third-order valence-electron chi connectivity index (χ3n) is 7.12. The van der Waals surface area contributed by atoms with E-state index in [0.29, 0.717) is 34.8 Å². The van der Waals surface area contributed by atoms with E-state index in [1.165, 1.54) is 17.0 Å². The largest absolute Gasteiger partial charge is 0.508 e. The number of aliphatic hydroxyl groups excluding tert-OH is 1. The molecule has 1 aliphatic rings. The monoisotopic (exact) mass is 545 g/mol. The molecule has 1 fully saturated rings. The highest BCUT2D eigenvalue weighted by atomic mass is 16.5. The van der Waals surface area contributed by atoms with Gasteiger partial charge in [0.2, 0.25) is 0 Å². The first-order valence-corrected chi connectivity index (χ1v) is 13.0. The van der Waals surface area contributed by atoms with Crippen molar-refractivity contribution in [2.24, 2.45) is 0 Å². The minimum Gasteiger partial charge on any atom is -0.508 e. The van der Waals surface area contributed by atoms with Crippen LogP contribution in [0.1, 0.15) is 49.1 Å². The number of likely N-dealkylation sites (tertiary alicyclic amines) is 1. The molecule has 0 aliphatic carbocycles. The molecular weight excluding hydrogens is 510 g/mol. The van der Waals surface area contributed by atoms with Crippen LogP contribution in [0.5, 0.6) is 23.0 Å². The number of carbonyl (C=O) groups excluding carboxylic acids is 2. The number of rotatable bonds is 8. The van der Waals surface area contributed by atoms with E-state index in [4.69, 9.17) is 14.2 Å². The number of Topliss-reactive ketones (excluding diaryl/α,β-unsaturated/α-hetero) is 1. The summed E-state index contributed by atoms with van der Waals surface area (Å²) in [6.45, 7) is 6.28. The van der Waals surface area contributed by atoms with Crippen molar-refractivity contribution in [3.63, 3.8) is 0 Å². The Bertz CT molecular complexity index is 1450. The van der Waals surface area contributed by atoms with Crippen LogP contribution in [0.3, 0.4) is 0 Å². The zero-order valence-corrected chi connectivity index (χ0v) is 23.6. The summed E-state index contributed by atoms with van der Waals surface area (Å²) in [7, 11) is 4.69. The molecule has 1 heterocycles. The summed E-state index contributed by atoms with van der Waals surface area (Å²) in [5, 5.41) is 21.4. The molecule has 3 aromatic carbocycles. The topological polar surface area (TPSA) is 106 Å². The normalized spacial score (nSPS) is 16.8. The summed E-state index contributed by atoms with van der Waals surface area (Å²) in [5.74, 6) is 0.126. The van der Waals surface area contributed by atoms with Gasteiger partial charge in [-0.1, -0.05) is 39.0 Å². The Labute approximate surface area is 234 Å². The Morgan fingerprint density at radius 3 is 2.08 bits per heavy atom. The number of methoxy groups -OCH3 is 3. The zero-order valence-electron chi connectivity index (χ0n) is 23.6. The molecule has 1 atom stereocenters. The molecular formula is C32H35NO7. The average molecular weight is 546 g/mol. The number of benzene rings is 3. The molecule has 1 aliphatic heterocycles. The first-order valence-electron chi connectivity index (χ1n) is 13.0. The van der Waals surface area contributed by atoms with Gasteiger partial charge in [0.25, 0.3) is 11.7 Å². The van der Waals surface area contributed by atoms with E-state index in [9.17, 15) is 19.8 Å². The standard InChI is InChI=1S/C32H35NO7/c1-32(2,3)23-18-21(10-14-24(23)38-4)29(35)27-28(20-8-11-22(34)12-9-20)33(31(37)30(27)36)16-15-19-7-13-25(39-5)26(17-19)40-6/h7-14,17-18,28,34-35H,15-16H2,1-6H3/b29-27-. The van der Waals surface area contributed by atoms with Crippen LogP contribution in [0.15, 0.2) is 66.2 Å². The molecule has 0 radical (unpaired) electrons. The van der Waals surface area contributed by atoms with Gasteiger partial charge in [0, 0.05) is 17.7 Å². The molecule has 3 aromatic rings. The summed E-state index contributed by atoms with van der Waals surface area (Å²) in [4.78, 5) is 28.3. The van der Waals surface area contributed by atoms with Gasteiger partial charge < -0.3 is 29.3 Å². The minimum atomic E-state index is -0.846. The highest BCUT2D eigenvalue weighted by Gasteiger charge is 2.46. The number of phenols is 1. The molecule has 1 saturated heterocycles. The lowest BCUT2D eigenvalue weighted by Crippen LogP contribution is -2.31. The van der Waals surface area contributed by atoms with E-state index in [2.05, 4.69) is 0 Å². The number of amides is 1. The van der Waals surface area contributed by atoms with Gasteiger partial charge in [0.1, 0.15) is 17.3 Å². The number of hydrogen-bond acceptors (Lipinski definition) is 7. The summed E-state index contributed by atoms with van der Waals surface area (Å²) >= 11 is 0. The van der Waals surface area contributed by atoms with Crippen LogP contribution in [-0.4, -0.2) is 54.7 Å². The lowest BCUT2D eigenvalue weighted by Gasteiger charge is -2.26. The average Bonchev–Trinajstić information content (AvgIpc) is 3.20. The molecule has 4 rings (SSSR count). The van der Waals surface area contributed by atoms with Gasteiger partial charge >= 0.3 is 0 Å². The van der Waals surface area contributed by atoms with Crippen LogP contribution in [0, 0.1) is 0 Å². The number of hydrogen-bond donors (Lipinski definition) is 2. The van der Waals surface area contributed by atoms with Crippen LogP contribution in [-0.2, 0) is 21.4 Å². The van der Waals surface area contributed by atoms with Gasteiger partial charge in [0.15, 0.2) is 11.5 Å². The first-order chi connectivity index (χ1) is 19.0. The van der Waals surface area contributed by atoms with Crippen LogP contribution in [0.25, 0.3) is 5.76 Å². The number of ether oxygens (including phenoxy) is 3. The summed E-state index contributed by atoms with van der Waals surface area (Å²) in [5.41, 5.74) is 2.43. The van der Waals surface area contributed by atoms with E-state index in [1.807, 2.05) is 32.9 Å². The fraction of sp³-hybridized carbons (Fsp3) is 0.312. The smallest absolute Gasteiger partial charge is 0.295 e.